The highest BCUT2D eigenvalue weighted by Crippen LogP contribution is 2.23. The van der Waals surface area contributed by atoms with Gasteiger partial charge in [-0.15, -0.1) is 0 Å². The summed E-state index contributed by atoms with van der Waals surface area (Å²) in [6.07, 6.45) is 4.24. The number of carbonyl (C=O) groups is 2. The van der Waals surface area contributed by atoms with Gasteiger partial charge < -0.3 is 10.1 Å². The van der Waals surface area contributed by atoms with Crippen molar-refractivity contribution in [3.05, 3.63) is 34.4 Å². The van der Waals surface area contributed by atoms with Gasteiger partial charge in [0.1, 0.15) is 5.75 Å². The summed E-state index contributed by atoms with van der Waals surface area (Å²) in [6, 6.07) is 4.92. The first-order valence-corrected chi connectivity index (χ1v) is 7.93. The molecule has 1 aromatic rings. The highest BCUT2D eigenvalue weighted by Gasteiger charge is 2.23. The number of amides is 3. The number of rotatable bonds is 5. The van der Waals surface area contributed by atoms with Gasteiger partial charge in [-0.25, -0.2) is 4.79 Å². The molecule has 2 rings (SSSR count). The SMILES string of the molecule is CC1CCCCC1NC(=O)NC(=O)COc1ccc([N+](=O)[O-])cc1. The van der Waals surface area contributed by atoms with Gasteiger partial charge in [-0.05, 0) is 30.9 Å². The van der Waals surface area contributed by atoms with Gasteiger partial charge >= 0.3 is 6.03 Å². The average Bonchev–Trinajstić information content (AvgIpc) is 2.55. The zero-order chi connectivity index (χ0) is 17.5. The van der Waals surface area contributed by atoms with Crippen molar-refractivity contribution >= 4 is 17.6 Å². The molecular formula is C16H21N3O5. The molecule has 8 nitrogen and oxygen atoms in total. The van der Waals surface area contributed by atoms with Crippen LogP contribution in [-0.4, -0.2) is 29.5 Å². The van der Waals surface area contributed by atoms with E-state index < -0.39 is 16.9 Å². The lowest BCUT2D eigenvalue weighted by molar-refractivity contribution is -0.384. The fourth-order valence-corrected chi connectivity index (χ4v) is 2.71. The molecule has 1 aromatic carbocycles. The molecule has 1 aliphatic rings. The van der Waals surface area contributed by atoms with E-state index in [9.17, 15) is 19.7 Å². The fourth-order valence-electron chi connectivity index (χ4n) is 2.71. The van der Waals surface area contributed by atoms with Crippen LogP contribution >= 0.6 is 0 Å². The summed E-state index contributed by atoms with van der Waals surface area (Å²) in [5.41, 5.74) is -0.0622. The van der Waals surface area contributed by atoms with E-state index in [0.29, 0.717) is 11.7 Å². The van der Waals surface area contributed by atoms with Crippen LogP contribution in [0.25, 0.3) is 0 Å². The molecule has 8 heteroatoms. The van der Waals surface area contributed by atoms with E-state index >= 15 is 0 Å². The molecule has 2 N–H and O–H groups in total. The standard InChI is InChI=1S/C16H21N3O5/c1-11-4-2-3-5-14(11)17-16(21)18-15(20)10-24-13-8-6-12(7-9-13)19(22)23/h6-9,11,14H,2-5,10H2,1H3,(H2,17,18,20,21). The van der Waals surface area contributed by atoms with Crippen LogP contribution in [-0.2, 0) is 4.79 Å². The minimum absolute atomic E-state index is 0.0622. The molecule has 1 aliphatic carbocycles. The number of imide groups is 1. The summed E-state index contributed by atoms with van der Waals surface area (Å²) >= 11 is 0. The van der Waals surface area contributed by atoms with Gasteiger partial charge in [-0.2, -0.15) is 0 Å². The summed E-state index contributed by atoms with van der Waals surface area (Å²) in [4.78, 5) is 33.6. The zero-order valence-electron chi connectivity index (χ0n) is 13.5. The number of ether oxygens (including phenoxy) is 1. The van der Waals surface area contributed by atoms with Gasteiger partial charge in [0, 0.05) is 18.2 Å². The summed E-state index contributed by atoms with van der Waals surface area (Å²) in [5, 5.41) is 15.6. The van der Waals surface area contributed by atoms with Crippen molar-refractivity contribution < 1.29 is 19.2 Å². The van der Waals surface area contributed by atoms with Crippen molar-refractivity contribution in [2.45, 2.75) is 38.6 Å². The zero-order valence-corrected chi connectivity index (χ0v) is 13.5. The second kappa shape index (κ2) is 8.28. The number of nitro benzene ring substituents is 1. The van der Waals surface area contributed by atoms with Crippen LogP contribution in [0.15, 0.2) is 24.3 Å². The van der Waals surface area contributed by atoms with Crippen molar-refractivity contribution in [3.8, 4) is 5.75 Å². The monoisotopic (exact) mass is 335 g/mol. The van der Waals surface area contributed by atoms with Crippen LogP contribution in [0.1, 0.15) is 32.6 Å². The fraction of sp³-hybridized carbons (Fsp3) is 0.500. The maximum Gasteiger partial charge on any atom is 0.321 e. The quantitative estimate of drug-likeness (QED) is 0.634. The summed E-state index contributed by atoms with van der Waals surface area (Å²) in [7, 11) is 0. The third-order valence-electron chi connectivity index (χ3n) is 4.10. The molecule has 1 fully saturated rings. The molecule has 2 unspecified atom stereocenters. The number of benzene rings is 1. The first kappa shape index (κ1) is 17.7. The number of hydrogen-bond donors (Lipinski definition) is 2. The second-order valence-electron chi connectivity index (χ2n) is 5.93. The Labute approximate surface area is 139 Å². The molecule has 3 amide bonds. The van der Waals surface area contributed by atoms with Gasteiger partial charge in [-0.1, -0.05) is 19.8 Å². The van der Waals surface area contributed by atoms with Crippen LogP contribution in [0, 0.1) is 16.0 Å². The molecule has 0 aromatic heterocycles. The molecule has 0 aliphatic heterocycles. The average molecular weight is 335 g/mol. The molecule has 0 radical (unpaired) electrons. The Morgan fingerprint density at radius 3 is 2.54 bits per heavy atom. The summed E-state index contributed by atoms with van der Waals surface area (Å²) < 4.78 is 5.20. The Hall–Kier alpha value is -2.64. The molecule has 1 saturated carbocycles. The Morgan fingerprint density at radius 2 is 1.92 bits per heavy atom. The molecule has 130 valence electrons. The van der Waals surface area contributed by atoms with E-state index in [0.717, 1.165) is 19.3 Å². The van der Waals surface area contributed by atoms with E-state index in [4.69, 9.17) is 4.74 Å². The van der Waals surface area contributed by atoms with Crippen molar-refractivity contribution in [2.75, 3.05) is 6.61 Å². The number of nitro groups is 1. The van der Waals surface area contributed by atoms with Gasteiger partial charge in [0.15, 0.2) is 6.61 Å². The predicted molar refractivity (Wildman–Crippen MR) is 86.7 cm³/mol. The van der Waals surface area contributed by atoms with Crippen LogP contribution in [0.4, 0.5) is 10.5 Å². The van der Waals surface area contributed by atoms with Gasteiger partial charge in [0.05, 0.1) is 4.92 Å². The lowest BCUT2D eigenvalue weighted by Gasteiger charge is -2.29. The highest BCUT2D eigenvalue weighted by atomic mass is 16.6. The lowest BCUT2D eigenvalue weighted by atomic mass is 9.86. The van der Waals surface area contributed by atoms with Crippen LogP contribution < -0.4 is 15.4 Å². The summed E-state index contributed by atoms with van der Waals surface area (Å²) in [5.74, 6) is 0.141. The van der Waals surface area contributed by atoms with Gasteiger partial charge in [0.2, 0.25) is 0 Å². The molecule has 0 heterocycles. The van der Waals surface area contributed by atoms with Crippen molar-refractivity contribution in [1.82, 2.24) is 10.6 Å². The number of urea groups is 1. The smallest absolute Gasteiger partial charge is 0.321 e. The maximum atomic E-state index is 11.8. The Balaban J connectivity index is 1.74. The molecule has 0 spiro atoms. The Bertz CT molecular complexity index is 602. The predicted octanol–water partition coefficient (Wildman–Crippen LogP) is 2.38. The van der Waals surface area contributed by atoms with Crippen molar-refractivity contribution in [1.29, 1.82) is 0 Å². The van der Waals surface area contributed by atoms with E-state index in [2.05, 4.69) is 17.6 Å². The van der Waals surface area contributed by atoms with Crippen LogP contribution in [0.3, 0.4) is 0 Å². The minimum Gasteiger partial charge on any atom is -0.484 e. The van der Waals surface area contributed by atoms with Crippen molar-refractivity contribution in [2.24, 2.45) is 5.92 Å². The van der Waals surface area contributed by atoms with Gasteiger partial charge in [0.25, 0.3) is 11.6 Å². The third kappa shape index (κ3) is 5.22. The molecule has 2 atom stereocenters. The topological polar surface area (TPSA) is 111 Å². The van der Waals surface area contributed by atoms with Gasteiger partial charge in [-0.3, -0.25) is 20.2 Å². The van der Waals surface area contributed by atoms with E-state index in [1.54, 1.807) is 0 Å². The number of nitrogens with zero attached hydrogens (tertiary/aromatic N) is 1. The molecular weight excluding hydrogens is 314 g/mol. The Kier molecular flexibility index (Phi) is 6.11. The highest BCUT2D eigenvalue weighted by molar-refractivity contribution is 5.95. The Morgan fingerprint density at radius 1 is 1.25 bits per heavy atom. The number of hydrogen-bond acceptors (Lipinski definition) is 5. The summed E-state index contributed by atoms with van der Waals surface area (Å²) in [6.45, 7) is 1.75. The maximum absolute atomic E-state index is 11.8. The number of nitrogens with one attached hydrogen (secondary N) is 2. The number of non-ortho nitro benzene ring substituents is 1. The van der Waals surface area contributed by atoms with E-state index in [-0.39, 0.29) is 18.3 Å². The number of carbonyl (C=O) groups excluding carboxylic acids is 2. The van der Waals surface area contributed by atoms with E-state index in [1.165, 1.54) is 30.7 Å². The largest absolute Gasteiger partial charge is 0.484 e. The lowest BCUT2D eigenvalue weighted by Crippen LogP contribution is -2.48. The third-order valence-corrected chi connectivity index (χ3v) is 4.10. The van der Waals surface area contributed by atoms with Crippen LogP contribution in [0.2, 0.25) is 0 Å². The molecule has 24 heavy (non-hydrogen) atoms. The normalized spacial score (nSPS) is 20.0. The molecule has 0 saturated heterocycles. The van der Waals surface area contributed by atoms with Crippen LogP contribution in [0.5, 0.6) is 5.75 Å². The second-order valence-corrected chi connectivity index (χ2v) is 5.93. The van der Waals surface area contributed by atoms with E-state index in [1.807, 2.05) is 0 Å². The first-order valence-electron chi connectivity index (χ1n) is 7.93. The van der Waals surface area contributed by atoms with Crippen molar-refractivity contribution in [3.63, 3.8) is 0 Å². The minimum atomic E-state index is -0.575. The molecule has 0 bridgehead atoms. The first-order chi connectivity index (χ1) is 11.5.